The van der Waals surface area contributed by atoms with Gasteiger partial charge < -0.3 is 10.6 Å². The van der Waals surface area contributed by atoms with E-state index in [0.717, 1.165) is 11.4 Å². The van der Waals surface area contributed by atoms with Crippen molar-refractivity contribution in [1.29, 1.82) is 0 Å². The van der Waals surface area contributed by atoms with Gasteiger partial charge in [0.05, 0.1) is 16.3 Å². The van der Waals surface area contributed by atoms with Gasteiger partial charge in [0, 0.05) is 24.1 Å². The van der Waals surface area contributed by atoms with Crippen LogP contribution in [-0.4, -0.2) is 34.6 Å². The van der Waals surface area contributed by atoms with Gasteiger partial charge in [0.1, 0.15) is 0 Å². The Morgan fingerprint density at radius 2 is 1.83 bits per heavy atom. The molecule has 1 aromatic heterocycles. The number of rotatable bonds is 5. The van der Waals surface area contributed by atoms with Crippen LogP contribution in [0.1, 0.15) is 21.7 Å². The molecule has 0 unspecified atom stereocenters. The minimum absolute atomic E-state index is 0.167. The first-order chi connectivity index (χ1) is 11.4. The Morgan fingerprint density at radius 1 is 1.17 bits per heavy atom. The highest BCUT2D eigenvalue weighted by molar-refractivity contribution is 7.99. The van der Waals surface area contributed by atoms with Gasteiger partial charge in [-0.25, -0.2) is 9.97 Å². The molecule has 8 heteroatoms. The molecule has 24 heavy (non-hydrogen) atoms. The maximum Gasteiger partial charge on any atom is 0.252 e. The lowest BCUT2D eigenvalue weighted by molar-refractivity contribution is -0.113. The van der Waals surface area contributed by atoms with E-state index in [1.54, 1.807) is 12.1 Å². The first-order valence-electron chi connectivity index (χ1n) is 7.15. The second kappa shape index (κ2) is 8.12. The summed E-state index contributed by atoms with van der Waals surface area (Å²) in [6.45, 7) is 3.76. The highest BCUT2D eigenvalue weighted by Gasteiger charge is 2.11. The number of nitrogens with zero attached hydrogens (tertiary/aromatic N) is 2. The Balaban J connectivity index is 2.01. The van der Waals surface area contributed by atoms with E-state index in [9.17, 15) is 9.59 Å². The van der Waals surface area contributed by atoms with Gasteiger partial charge in [0.2, 0.25) is 5.91 Å². The van der Waals surface area contributed by atoms with Gasteiger partial charge in [-0.1, -0.05) is 23.4 Å². The number of nitrogens with one attached hydrogen (secondary N) is 2. The van der Waals surface area contributed by atoms with E-state index in [0.29, 0.717) is 21.4 Å². The van der Waals surface area contributed by atoms with Crippen LogP contribution in [-0.2, 0) is 4.79 Å². The number of aryl methyl sites for hydroxylation is 2. The van der Waals surface area contributed by atoms with Gasteiger partial charge in [-0.05, 0) is 38.1 Å². The van der Waals surface area contributed by atoms with Crippen molar-refractivity contribution in [3.8, 4) is 0 Å². The van der Waals surface area contributed by atoms with Crippen LogP contribution in [0.2, 0.25) is 5.02 Å². The second-order valence-corrected chi connectivity index (χ2v) is 6.39. The molecule has 2 aromatic rings. The largest absolute Gasteiger partial charge is 0.355 e. The molecule has 0 spiro atoms. The highest BCUT2D eigenvalue weighted by atomic mass is 35.5. The molecule has 0 saturated heterocycles. The summed E-state index contributed by atoms with van der Waals surface area (Å²) in [4.78, 5) is 32.3. The van der Waals surface area contributed by atoms with E-state index in [1.807, 2.05) is 19.9 Å². The summed E-state index contributed by atoms with van der Waals surface area (Å²) in [6, 6.07) is 6.63. The SMILES string of the molecule is CNC(=O)c1cc(NC(=O)CSc2nc(C)cc(C)n2)ccc1Cl. The maximum atomic E-state index is 12.1. The molecule has 0 aliphatic carbocycles. The number of carbonyl (C=O) groups is 2. The quantitative estimate of drug-likeness (QED) is 0.629. The van der Waals surface area contributed by atoms with Gasteiger partial charge in [-0.15, -0.1) is 0 Å². The predicted molar refractivity (Wildman–Crippen MR) is 95.7 cm³/mol. The maximum absolute atomic E-state index is 12.1. The van der Waals surface area contributed by atoms with Crippen molar-refractivity contribution in [1.82, 2.24) is 15.3 Å². The van der Waals surface area contributed by atoms with Crippen LogP contribution in [0.15, 0.2) is 29.4 Å². The number of amides is 2. The molecule has 0 aliphatic heterocycles. The Hall–Kier alpha value is -2.12. The molecular formula is C16H17ClN4O2S. The zero-order chi connectivity index (χ0) is 17.7. The summed E-state index contributed by atoms with van der Waals surface area (Å²) in [5, 5.41) is 6.12. The molecule has 2 amide bonds. The van der Waals surface area contributed by atoms with E-state index in [-0.39, 0.29) is 17.6 Å². The Kier molecular flexibility index (Phi) is 6.16. The van der Waals surface area contributed by atoms with Crippen molar-refractivity contribution in [2.45, 2.75) is 19.0 Å². The first-order valence-corrected chi connectivity index (χ1v) is 8.52. The average Bonchev–Trinajstić information content (AvgIpc) is 2.53. The average molecular weight is 365 g/mol. The van der Waals surface area contributed by atoms with Crippen LogP contribution in [0.3, 0.4) is 0 Å². The smallest absolute Gasteiger partial charge is 0.252 e. The number of halogens is 1. The van der Waals surface area contributed by atoms with Crippen molar-refractivity contribution in [2.75, 3.05) is 18.1 Å². The molecular weight excluding hydrogens is 348 g/mol. The van der Waals surface area contributed by atoms with Gasteiger partial charge in [-0.2, -0.15) is 0 Å². The summed E-state index contributed by atoms with van der Waals surface area (Å²) in [5.74, 6) is -0.358. The van der Waals surface area contributed by atoms with Crippen LogP contribution in [0, 0.1) is 13.8 Å². The molecule has 1 heterocycles. The lowest BCUT2D eigenvalue weighted by atomic mass is 10.2. The monoisotopic (exact) mass is 364 g/mol. The van der Waals surface area contributed by atoms with Crippen molar-refractivity contribution < 1.29 is 9.59 Å². The van der Waals surface area contributed by atoms with E-state index < -0.39 is 0 Å². The number of aromatic nitrogens is 2. The molecule has 0 bridgehead atoms. The van der Waals surface area contributed by atoms with Crippen molar-refractivity contribution in [2.24, 2.45) is 0 Å². The third kappa shape index (κ3) is 4.94. The number of anilines is 1. The number of carbonyl (C=O) groups excluding carboxylic acids is 2. The van der Waals surface area contributed by atoms with Crippen LogP contribution >= 0.6 is 23.4 Å². The normalized spacial score (nSPS) is 10.3. The van der Waals surface area contributed by atoms with Crippen molar-refractivity contribution in [3.63, 3.8) is 0 Å². The number of thioether (sulfide) groups is 1. The zero-order valence-electron chi connectivity index (χ0n) is 13.5. The van der Waals surface area contributed by atoms with E-state index >= 15 is 0 Å². The molecule has 0 atom stereocenters. The first kappa shape index (κ1) is 18.2. The summed E-state index contributed by atoms with van der Waals surface area (Å²) in [7, 11) is 1.52. The summed E-state index contributed by atoms with van der Waals surface area (Å²) < 4.78 is 0. The predicted octanol–water partition coefficient (Wildman–Crippen LogP) is 2.84. The zero-order valence-corrected chi connectivity index (χ0v) is 15.1. The van der Waals surface area contributed by atoms with E-state index in [4.69, 9.17) is 11.6 Å². The molecule has 2 rings (SSSR count). The lowest BCUT2D eigenvalue weighted by Crippen LogP contribution is -2.19. The van der Waals surface area contributed by atoms with Gasteiger partial charge >= 0.3 is 0 Å². The van der Waals surface area contributed by atoms with E-state index in [2.05, 4.69) is 20.6 Å². The number of hydrogen-bond donors (Lipinski definition) is 2. The van der Waals surface area contributed by atoms with Crippen molar-refractivity contribution >= 4 is 40.9 Å². The van der Waals surface area contributed by atoms with Gasteiger partial charge in [0.15, 0.2) is 5.16 Å². The molecule has 0 fully saturated rings. The second-order valence-electron chi connectivity index (χ2n) is 5.04. The molecule has 126 valence electrons. The number of benzene rings is 1. The van der Waals surface area contributed by atoms with Gasteiger partial charge in [-0.3, -0.25) is 9.59 Å². The summed E-state index contributed by atoms with van der Waals surface area (Å²) in [6.07, 6.45) is 0. The third-order valence-corrected chi connectivity index (χ3v) is 4.19. The van der Waals surface area contributed by atoms with E-state index in [1.165, 1.54) is 24.9 Å². The van der Waals surface area contributed by atoms with Gasteiger partial charge in [0.25, 0.3) is 5.91 Å². The Labute approximate surface area is 149 Å². The molecule has 2 N–H and O–H groups in total. The molecule has 1 aromatic carbocycles. The summed E-state index contributed by atoms with van der Waals surface area (Å²) >= 11 is 7.24. The van der Waals surface area contributed by atoms with Crippen LogP contribution in [0.4, 0.5) is 5.69 Å². The Bertz CT molecular complexity index is 762. The Morgan fingerprint density at radius 3 is 2.46 bits per heavy atom. The van der Waals surface area contributed by atoms with Crippen LogP contribution in [0.5, 0.6) is 0 Å². The molecule has 6 nitrogen and oxygen atoms in total. The standard InChI is InChI=1S/C16H17ClN4O2S/c1-9-6-10(2)20-16(19-9)24-8-14(22)21-11-4-5-13(17)12(7-11)15(23)18-3/h4-7H,8H2,1-3H3,(H,18,23)(H,21,22). The minimum atomic E-state index is -0.311. The fraction of sp³-hybridized carbons (Fsp3) is 0.250. The number of hydrogen-bond acceptors (Lipinski definition) is 5. The molecule has 0 saturated carbocycles. The van der Waals surface area contributed by atoms with Crippen molar-refractivity contribution in [3.05, 3.63) is 46.2 Å². The van der Waals surface area contributed by atoms with Crippen LogP contribution < -0.4 is 10.6 Å². The highest BCUT2D eigenvalue weighted by Crippen LogP contribution is 2.21. The topological polar surface area (TPSA) is 84.0 Å². The molecule has 0 radical (unpaired) electrons. The fourth-order valence-corrected chi connectivity index (χ4v) is 2.95. The summed E-state index contributed by atoms with van der Waals surface area (Å²) in [5.41, 5.74) is 2.53. The minimum Gasteiger partial charge on any atom is -0.355 e. The molecule has 0 aliphatic rings. The fourth-order valence-electron chi connectivity index (χ4n) is 2.00. The van der Waals surface area contributed by atoms with Crippen LogP contribution in [0.25, 0.3) is 0 Å². The lowest BCUT2D eigenvalue weighted by Gasteiger charge is -2.08. The third-order valence-electron chi connectivity index (χ3n) is 3.02.